The van der Waals surface area contributed by atoms with Crippen molar-refractivity contribution >= 4 is 0 Å². The van der Waals surface area contributed by atoms with Gasteiger partial charge < -0.3 is 5.21 Å². The Morgan fingerprint density at radius 2 is 2.24 bits per heavy atom. The lowest BCUT2D eigenvalue weighted by atomic mass is 9.93. The second-order valence-corrected chi connectivity index (χ2v) is 4.63. The minimum absolute atomic E-state index is 0.0387. The van der Waals surface area contributed by atoms with Gasteiger partial charge in [-0.05, 0) is 24.0 Å². The van der Waals surface area contributed by atoms with Gasteiger partial charge in [0.25, 0.3) is 0 Å². The molecule has 1 aromatic carbocycles. The first-order valence-corrected chi connectivity index (χ1v) is 6.53. The van der Waals surface area contributed by atoms with Crippen molar-refractivity contribution < 1.29 is 5.21 Å². The Balaban J connectivity index is 2.12. The van der Waals surface area contributed by atoms with E-state index in [2.05, 4.69) is 37.3 Å². The van der Waals surface area contributed by atoms with Crippen LogP contribution in [-0.2, 0) is 6.42 Å². The van der Waals surface area contributed by atoms with Crippen molar-refractivity contribution in [2.45, 2.75) is 38.6 Å². The van der Waals surface area contributed by atoms with Gasteiger partial charge in [-0.3, -0.25) is 0 Å². The van der Waals surface area contributed by atoms with Crippen molar-refractivity contribution in [1.29, 1.82) is 0 Å². The van der Waals surface area contributed by atoms with E-state index in [1.165, 1.54) is 29.0 Å². The summed E-state index contributed by atoms with van der Waals surface area (Å²) in [4.78, 5) is 0. The Hall–Kier alpha value is -1.12. The summed E-state index contributed by atoms with van der Waals surface area (Å²) in [5.41, 5.74) is 2.61. The second-order valence-electron chi connectivity index (χ2n) is 4.63. The van der Waals surface area contributed by atoms with Gasteiger partial charge in [-0.1, -0.05) is 56.2 Å². The average Bonchev–Trinajstić information content (AvgIpc) is 2.37. The van der Waals surface area contributed by atoms with Crippen molar-refractivity contribution in [1.82, 2.24) is 5.06 Å². The number of hydrogen-bond donors (Lipinski definition) is 1. The van der Waals surface area contributed by atoms with Crippen LogP contribution < -0.4 is 0 Å². The number of hydrogen-bond acceptors (Lipinski definition) is 2. The third-order valence-corrected chi connectivity index (χ3v) is 3.35. The molecular weight excluding hydrogens is 210 g/mol. The van der Waals surface area contributed by atoms with Crippen LogP contribution in [0.25, 0.3) is 0 Å². The first-order chi connectivity index (χ1) is 8.33. The lowest BCUT2D eigenvalue weighted by Gasteiger charge is -2.30. The molecule has 2 heteroatoms. The van der Waals surface area contributed by atoms with E-state index < -0.39 is 0 Å². The third kappa shape index (κ3) is 2.96. The highest BCUT2D eigenvalue weighted by Gasteiger charge is 2.23. The highest BCUT2D eigenvalue weighted by atomic mass is 16.5. The van der Waals surface area contributed by atoms with Gasteiger partial charge in [-0.15, -0.1) is 0 Å². The molecule has 2 nitrogen and oxygen atoms in total. The van der Waals surface area contributed by atoms with Gasteiger partial charge in [0.15, 0.2) is 0 Å². The summed E-state index contributed by atoms with van der Waals surface area (Å²) in [6.07, 6.45) is 8.80. The summed E-state index contributed by atoms with van der Waals surface area (Å²) in [6.45, 7) is 2.92. The molecule has 0 aromatic heterocycles. The molecule has 1 aliphatic heterocycles. The van der Waals surface area contributed by atoms with Crippen LogP contribution in [0.5, 0.6) is 0 Å². The minimum atomic E-state index is 0.0387. The van der Waals surface area contributed by atoms with Crippen LogP contribution in [0.3, 0.4) is 0 Å². The SMILES string of the molecule is CCCC/C=C/C1c2ccccc2CCN1O. The monoisotopic (exact) mass is 231 g/mol. The Labute approximate surface area is 104 Å². The van der Waals surface area contributed by atoms with E-state index in [0.29, 0.717) is 0 Å². The number of rotatable bonds is 4. The minimum Gasteiger partial charge on any atom is -0.313 e. The van der Waals surface area contributed by atoms with E-state index in [4.69, 9.17) is 0 Å². The van der Waals surface area contributed by atoms with Crippen LogP contribution >= 0.6 is 0 Å². The van der Waals surface area contributed by atoms with Gasteiger partial charge in [-0.25, -0.2) is 0 Å². The molecule has 0 radical (unpaired) electrons. The predicted molar refractivity (Wildman–Crippen MR) is 70.0 cm³/mol. The Bertz CT molecular complexity index is 386. The number of nitrogens with zero attached hydrogens (tertiary/aromatic N) is 1. The maximum atomic E-state index is 9.95. The molecule has 1 aromatic rings. The molecule has 0 aliphatic carbocycles. The molecule has 1 N–H and O–H groups in total. The predicted octanol–water partition coefficient (Wildman–Crippen LogP) is 3.72. The number of hydroxylamine groups is 2. The van der Waals surface area contributed by atoms with Crippen LogP contribution in [0.15, 0.2) is 36.4 Å². The van der Waals surface area contributed by atoms with E-state index in [9.17, 15) is 5.21 Å². The summed E-state index contributed by atoms with van der Waals surface area (Å²) >= 11 is 0. The van der Waals surface area contributed by atoms with Gasteiger partial charge in [0.1, 0.15) is 0 Å². The molecule has 0 spiro atoms. The summed E-state index contributed by atoms with van der Waals surface area (Å²) in [5.74, 6) is 0. The summed E-state index contributed by atoms with van der Waals surface area (Å²) in [5, 5.41) is 11.4. The smallest absolute Gasteiger partial charge is 0.0783 e. The van der Waals surface area contributed by atoms with Crippen LogP contribution in [0.1, 0.15) is 43.4 Å². The lowest BCUT2D eigenvalue weighted by Crippen LogP contribution is -2.31. The Morgan fingerprint density at radius 1 is 1.41 bits per heavy atom. The Morgan fingerprint density at radius 3 is 3.06 bits per heavy atom. The van der Waals surface area contributed by atoms with Gasteiger partial charge in [0.05, 0.1) is 6.04 Å². The zero-order valence-electron chi connectivity index (χ0n) is 10.5. The maximum absolute atomic E-state index is 9.95. The maximum Gasteiger partial charge on any atom is 0.0783 e. The zero-order valence-corrected chi connectivity index (χ0v) is 10.5. The molecule has 2 rings (SSSR count). The molecule has 0 bridgehead atoms. The van der Waals surface area contributed by atoms with E-state index in [1.807, 2.05) is 6.07 Å². The highest BCUT2D eigenvalue weighted by molar-refractivity contribution is 5.34. The lowest BCUT2D eigenvalue weighted by molar-refractivity contribution is -0.119. The first-order valence-electron chi connectivity index (χ1n) is 6.53. The average molecular weight is 231 g/mol. The van der Waals surface area contributed by atoms with Gasteiger partial charge in [0.2, 0.25) is 0 Å². The van der Waals surface area contributed by atoms with Crippen molar-refractivity contribution in [3.05, 3.63) is 47.5 Å². The van der Waals surface area contributed by atoms with E-state index in [0.717, 1.165) is 19.4 Å². The quantitative estimate of drug-likeness (QED) is 0.630. The highest BCUT2D eigenvalue weighted by Crippen LogP contribution is 2.29. The number of allylic oxidation sites excluding steroid dienone is 1. The topological polar surface area (TPSA) is 23.5 Å². The molecule has 0 saturated carbocycles. The van der Waals surface area contributed by atoms with Gasteiger partial charge >= 0.3 is 0 Å². The first kappa shape index (κ1) is 12.3. The number of fused-ring (bicyclic) bond motifs is 1. The van der Waals surface area contributed by atoms with Crippen LogP contribution in [0.4, 0.5) is 0 Å². The molecular formula is C15H21NO. The van der Waals surface area contributed by atoms with Gasteiger partial charge in [0, 0.05) is 6.54 Å². The molecule has 1 aliphatic rings. The van der Waals surface area contributed by atoms with E-state index in [-0.39, 0.29) is 6.04 Å². The standard InChI is InChI=1S/C15H21NO/c1-2-3-4-5-10-15-14-9-7-6-8-13(14)11-12-16(15)17/h5-10,15,17H,2-4,11-12H2,1H3/b10-5+. The largest absolute Gasteiger partial charge is 0.313 e. The van der Waals surface area contributed by atoms with Crippen LogP contribution in [0.2, 0.25) is 0 Å². The molecule has 0 fully saturated rings. The third-order valence-electron chi connectivity index (χ3n) is 3.35. The summed E-state index contributed by atoms with van der Waals surface area (Å²) in [6, 6.07) is 8.44. The van der Waals surface area contributed by atoms with E-state index >= 15 is 0 Å². The molecule has 0 saturated heterocycles. The number of benzene rings is 1. The van der Waals surface area contributed by atoms with Crippen molar-refractivity contribution in [3.8, 4) is 0 Å². The van der Waals surface area contributed by atoms with Crippen molar-refractivity contribution in [2.75, 3.05) is 6.54 Å². The molecule has 1 atom stereocenters. The van der Waals surface area contributed by atoms with Crippen molar-refractivity contribution in [2.24, 2.45) is 0 Å². The fourth-order valence-electron chi connectivity index (χ4n) is 2.34. The van der Waals surface area contributed by atoms with Crippen LogP contribution in [0, 0.1) is 0 Å². The van der Waals surface area contributed by atoms with Crippen LogP contribution in [-0.4, -0.2) is 16.8 Å². The molecule has 0 amide bonds. The summed E-state index contributed by atoms with van der Waals surface area (Å²) in [7, 11) is 0. The fraction of sp³-hybridized carbons (Fsp3) is 0.467. The number of unbranched alkanes of at least 4 members (excludes halogenated alkanes) is 2. The molecule has 17 heavy (non-hydrogen) atoms. The Kier molecular flexibility index (Phi) is 4.35. The van der Waals surface area contributed by atoms with Gasteiger partial charge in [-0.2, -0.15) is 5.06 Å². The molecule has 1 heterocycles. The summed E-state index contributed by atoms with van der Waals surface area (Å²) < 4.78 is 0. The molecule has 92 valence electrons. The normalized spacial score (nSPS) is 20.7. The zero-order chi connectivity index (χ0) is 12.1. The fourth-order valence-corrected chi connectivity index (χ4v) is 2.34. The van der Waals surface area contributed by atoms with Crippen molar-refractivity contribution in [3.63, 3.8) is 0 Å². The van der Waals surface area contributed by atoms with E-state index in [1.54, 1.807) is 0 Å². The second kappa shape index (κ2) is 5.99. The molecule has 1 unspecified atom stereocenters.